The largest absolute Gasteiger partial charge is 0.271 e. The van der Waals surface area contributed by atoms with Crippen LogP contribution in [-0.2, 0) is 15.8 Å². The highest BCUT2D eigenvalue weighted by atomic mass is 79.9. The van der Waals surface area contributed by atoms with Crippen molar-refractivity contribution < 1.29 is 8.42 Å². The molecule has 34 heavy (non-hydrogen) atoms. The molecule has 1 unspecified atom stereocenters. The van der Waals surface area contributed by atoms with Gasteiger partial charge in [0.15, 0.2) is 11.0 Å². The summed E-state index contributed by atoms with van der Waals surface area (Å²) in [6.45, 7) is 1.71. The zero-order valence-electron chi connectivity index (χ0n) is 17.8. The maximum atomic E-state index is 13.0. The minimum Gasteiger partial charge on any atom is -0.271 e. The molecule has 0 saturated heterocycles. The van der Waals surface area contributed by atoms with Gasteiger partial charge in [-0.3, -0.25) is 4.57 Å². The highest BCUT2D eigenvalue weighted by molar-refractivity contribution is 9.10. The molecule has 0 aliphatic carbocycles. The molecular formula is C23H19BrCl2N4O2S2. The molecule has 1 aromatic heterocycles. The Morgan fingerprint density at radius 1 is 1.03 bits per heavy atom. The molecular weight excluding hydrogens is 579 g/mol. The van der Waals surface area contributed by atoms with Gasteiger partial charge in [0, 0.05) is 15.2 Å². The standard InChI is InChI=1S/C23H19BrCl2N4O2S2/c1-15(29-34(31,32)19-10-7-17(24)8-11-19)22-27-28-23(33-14-16-5-3-2-4-6-16)30(22)21-13-18(25)9-12-20(21)26/h2-13,15,29H,14H2,1H3. The lowest BCUT2D eigenvalue weighted by molar-refractivity contribution is 0.556. The van der Waals surface area contributed by atoms with Gasteiger partial charge in [0.05, 0.1) is 21.6 Å². The monoisotopic (exact) mass is 596 g/mol. The second kappa shape index (κ2) is 10.8. The van der Waals surface area contributed by atoms with Crippen molar-refractivity contribution in [3.8, 4) is 5.69 Å². The van der Waals surface area contributed by atoms with Crippen molar-refractivity contribution in [2.75, 3.05) is 0 Å². The molecule has 176 valence electrons. The summed E-state index contributed by atoms with van der Waals surface area (Å²) in [6.07, 6.45) is 0. The normalized spacial score (nSPS) is 12.6. The first-order valence-corrected chi connectivity index (χ1v) is 14.1. The van der Waals surface area contributed by atoms with Crippen LogP contribution in [0, 0.1) is 0 Å². The second-order valence-electron chi connectivity index (χ2n) is 7.34. The van der Waals surface area contributed by atoms with Gasteiger partial charge in [0.1, 0.15) is 0 Å². The van der Waals surface area contributed by atoms with E-state index in [-0.39, 0.29) is 4.90 Å². The Kier molecular flexibility index (Phi) is 8.01. The highest BCUT2D eigenvalue weighted by Crippen LogP contribution is 2.33. The van der Waals surface area contributed by atoms with Crippen molar-refractivity contribution in [2.24, 2.45) is 0 Å². The van der Waals surface area contributed by atoms with Crippen LogP contribution in [0.5, 0.6) is 0 Å². The van der Waals surface area contributed by atoms with Crippen molar-refractivity contribution in [2.45, 2.75) is 28.8 Å². The van der Waals surface area contributed by atoms with E-state index >= 15 is 0 Å². The predicted octanol–water partition coefficient (Wildman–Crippen LogP) is 6.67. The minimum absolute atomic E-state index is 0.146. The van der Waals surface area contributed by atoms with Gasteiger partial charge in [-0.15, -0.1) is 10.2 Å². The predicted molar refractivity (Wildman–Crippen MR) is 140 cm³/mol. The van der Waals surface area contributed by atoms with Crippen LogP contribution in [0.4, 0.5) is 0 Å². The first-order chi connectivity index (χ1) is 16.2. The Bertz CT molecular complexity index is 1400. The fourth-order valence-corrected chi connectivity index (χ4v) is 5.97. The first kappa shape index (κ1) is 25.2. The summed E-state index contributed by atoms with van der Waals surface area (Å²) in [7, 11) is -3.81. The highest BCUT2D eigenvalue weighted by Gasteiger charge is 2.25. The Balaban J connectivity index is 1.70. The number of nitrogens with zero attached hydrogens (tertiary/aromatic N) is 3. The van der Waals surface area contributed by atoms with E-state index < -0.39 is 16.1 Å². The number of benzene rings is 3. The van der Waals surface area contributed by atoms with Crippen molar-refractivity contribution >= 4 is 60.9 Å². The lowest BCUT2D eigenvalue weighted by atomic mass is 10.2. The van der Waals surface area contributed by atoms with Gasteiger partial charge in [-0.25, -0.2) is 13.1 Å². The van der Waals surface area contributed by atoms with Gasteiger partial charge in [-0.05, 0) is 55.0 Å². The third kappa shape index (κ3) is 5.84. The fraction of sp³-hybridized carbons (Fsp3) is 0.130. The molecule has 0 aliphatic heterocycles. The van der Waals surface area contributed by atoms with E-state index in [1.165, 1.54) is 23.9 Å². The van der Waals surface area contributed by atoms with Crippen LogP contribution in [0.3, 0.4) is 0 Å². The average Bonchev–Trinajstić information content (AvgIpc) is 3.24. The number of rotatable bonds is 8. The number of halogens is 3. The molecule has 0 saturated carbocycles. The summed E-state index contributed by atoms with van der Waals surface area (Å²) >= 11 is 17.6. The zero-order chi connectivity index (χ0) is 24.3. The molecule has 3 aromatic carbocycles. The summed E-state index contributed by atoms with van der Waals surface area (Å²) in [6, 6.07) is 20.7. The van der Waals surface area contributed by atoms with Crippen LogP contribution in [0.25, 0.3) is 5.69 Å². The van der Waals surface area contributed by atoms with Crippen LogP contribution in [0.15, 0.2) is 87.3 Å². The van der Waals surface area contributed by atoms with E-state index in [1.807, 2.05) is 30.3 Å². The molecule has 4 aromatic rings. The molecule has 1 heterocycles. The van der Waals surface area contributed by atoms with Crippen molar-refractivity contribution in [1.29, 1.82) is 0 Å². The maximum Gasteiger partial charge on any atom is 0.241 e. The Labute approximate surface area is 220 Å². The quantitative estimate of drug-likeness (QED) is 0.230. The molecule has 1 atom stereocenters. The van der Waals surface area contributed by atoms with E-state index in [2.05, 4.69) is 30.8 Å². The summed E-state index contributed by atoms with van der Waals surface area (Å²) < 4.78 is 31.2. The van der Waals surface area contributed by atoms with E-state index in [0.717, 1.165) is 10.0 Å². The smallest absolute Gasteiger partial charge is 0.241 e. The zero-order valence-corrected chi connectivity index (χ0v) is 22.6. The molecule has 0 bridgehead atoms. The number of hydrogen-bond acceptors (Lipinski definition) is 5. The summed E-state index contributed by atoms with van der Waals surface area (Å²) in [5, 5.41) is 10.2. The molecule has 1 N–H and O–H groups in total. The third-order valence-electron chi connectivity index (χ3n) is 4.86. The van der Waals surface area contributed by atoms with E-state index in [4.69, 9.17) is 23.2 Å². The minimum atomic E-state index is -3.81. The fourth-order valence-electron chi connectivity index (χ4n) is 3.23. The van der Waals surface area contributed by atoms with E-state index in [1.54, 1.807) is 41.8 Å². The van der Waals surface area contributed by atoms with Gasteiger partial charge >= 0.3 is 0 Å². The maximum absolute atomic E-state index is 13.0. The topological polar surface area (TPSA) is 76.9 Å². The molecule has 0 radical (unpaired) electrons. The summed E-state index contributed by atoms with van der Waals surface area (Å²) in [4.78, 5) is 0.146. The molecule has 0 fully saturated rings. The Hall–Kier alpha value is -1.88. The van der Waals surface area contributed by atoms with Gasteiger partial charge < -0.3 is 0 Å². The average molecular weight is 598 g/mol. The van der Waals surface area contributed by atoms with Crippen molar-refractivity contribution in [3.05, 3.63) is 98.7 Å². The Morgan fingerprint density at radius 2 is 1.74 bits per heavy atom. The molecule has 6 nitrogen and oxygen atoms in total. The molecule has 0 aliphatic rings. The number of hydrogen-bond donors (Lipinski definition) is 1. The van der Waals surface area contributed by atoms with Crippen LogP contribution in [0.2, 0.25) is 10.0 Å². The first-order valence-electron chi connectivity index (χ1n) is 10.1. The second-order valence-corrected chi connectivity index (χ2v) is 11.8. The van der Waals surface area contributed by atoms with Gasteiger partial charge in [-0.2, -0.15) is 0 Å². The number of aromatic nitrogens is 3. The number of sulfonamides is 1. The van der Waals surface area contributed by atoms with Gasteiger partial charge in [-0.1, -0.05) is 81.2 Å². The van der Waals surface area contributed by atoms with Crippen LogP contribution < -0.4 is 4.72 Å². The van der Waals surface area contributed by atoms with E-state index in [9.17, 15) is 8.42 Å². The molecule has 0 spiro atoms. The summed E-state index contributed by atoms with van der Waals surface area (Å²) in [5.41, 5.74) is 1.68. The van der Waals surface area contributed by atoms with Crippen LogP contribution >= 0.6 is 50.9 Å². The number of thioether (sulfide) groups is 1. The molecule has 11 heteroatoms. The SMILES string of the molecule is CC(NS(=O)(=O)c1ccc(Br)cc1)c1nnc(SCc2ccccc2)n1-c1cc(Cl)ccc1Cl. The lowest BCUT2D eigenvalue weighted by Crippen LogP contribution is -2.28. The molecule has 4 rings (SSSR count). The Morgan fingerprint density at radius 3 is 2.44 bits per heavy atom. The lowest BCUT2D eigenvalue weighted by Gasteiger charge is -2.17. The summed E-state index contributed by atoms with van der Waals surface area (Å²) in [5.74, 6) is 1.04. The van der Waals surface area contributed by atoms with Gasteiger partial charge in [0.25, 0.3) is 0 Å². The van der Waals surface area contributed by atoms with Gasteiger partial charge in [0.2, 0.25) is 10.0 Å². The third-order valence-corrected chi connectivity index (χ3v) is 8.50. The van der Waals surface area contributed by atoms with Crippen LogP contribution in [0.1, 0.15) is 24.4 Å². The van der Waals surface area contributed by atoms with E-state index in [0.29, 0.717) is 32.5 Å². The van der Waals surface area contributed by atoms with Crippen molar-refractivity contribution in [3.63, 3.8) is 0 Å². The van der Waals surface area contributed by atoms with Crippen molar-refractivity contribution in [1.82, 2.24) is 19.5 Å². The number of nitrogens with one attached hydrogen (secondary N) is 1. The van der Waals surface area contributed by atoms with Crippen LogP contribution in [-0.4, -0.2) is 23.2 Å². The molecule has 0 amide bonds.